The number of likely N-dealkylation sites (tertiary alicyclic amines) is 1. The lowest BCUT2D eigenvalue weighted by Gasteiger charge is -2.35. The number of methoxy groups -OCH3 is 1. The van der Waals surface area contributed by atoms with Crippen molar-refractivity contribution in [3.63, 3.8) is 0 Å². The van der Waals surface area contributed by atoms with Crippen molar-refractivity contribution in [1.82, 2.24) is 15.5 Å². The minimum absolute atomic E-state index is 0.0313. The molecule has 20 heavy (non-hydrogen) atoms. The van der Waals surface area contributed by atoms with E-state index in [4.69, 9.17) is 4.74 Å². The van der Waals surface area contributed by atoms with E-state index in [1.54, 1.807) is 7.11 Å². The molecule has 1 aliphatic carbocycles. The minimum atomic E-state index is -0.0313. The number of hydrogen-bond donors (Lipinski definition) is 2. The number of nitrogens with zero attached hydrogens (tertiary/aromatic N) is 1. The quantitative estimate of drug-likeness (QED) is 0.641. The van der Waals surface area contributed by atoms with E-state index >= 15 is 0 Å². The van der Waals surface area contributed by atoms with Crippen molar-refractivity contribution >= 4 is 5.91 Å². The van der Waals surface area contributed by atoms with Crippen molar-refractivity contribution in [3.8, 4) is 0 Å². The van der Waals surface area contributed by atoms with Gasteiger partial charge in [-0.15, -0.1) is 0 Å². The number of amides is 1. The standard InChI is InChI=1S/C15H29N3O2/c1-12(15(19)16-7-10-20-2)18-8-5-14(6-9-18)17-11-13-3-4-13/h12-14,17H,3-11H2,1-2H3,(H,16,19). The molecule has 0 radical (unpaired) electrons. The third-order valence-corrected chi connectivity index (χ3v) is 4.45. The molecule has 5 nitrogen and oxygen atoms in total. The maximum atomic E-state index is 12.0. The molecule has 2 N–H and O–H groups in total. The SMILES string of the molecule is COCCNC(=O)C(C)N1CCC(NCC2CC2)CC1. The van der Waals surface area contributed by atoms with Crippen LogP contribution in [0.5, 0.6) is 0 Å². The molecule has 1 amide bonds. The monoisotopic (exact) mass is 283 g/mol. The van der Waals surface area contributed by atoms with Gasteiger partial charge in [0.15, 0.2) is 0 Å². The molecule has 0 bridgehead atoms. The first kappa shape index (κ1) is 15.7. The van der Waals surface area contributed by atoms with Gasteiger partial charge in [-0.1, -0.05) is 0 Å². The fourth-order valence-electron chi connectivity index (χ4n) is 2.74. The summed E-state index contributed by atoms with van der Waals surface area (Å²) in [6, 6.07) is 0.617. The molecule has 1 saturated heterocycles. The zero-order valence-electron chi connectivity index (χ0n) is 12.9. The van der Waals surface area contributed by atoms with Crippen molar-refractivity contribution in [1.29, 1.82) is 0 Å². The Morgan fingerprint density at radius 3 is 2.60 bits per heavy atom. The van der Waals surface area contributed by atoms with Crippen molar-refractivity contribution in [3.05, 3.63) is 0 Å². The van der Waals surface area contributed by atoms with Gasteiger partial charge in [0.05, 0.1) is 12.6 Å². The van der Waals surface area contributed by atoms with Gasteiger partial charge in [-0.3, -0.25) is 9.69 Å². The third kappa shape index (κ3) is 5.04. The van der Waals surface area contributed by atoms with Crippen molar-refractivity contribution < 1.29 is 9.53 Å². The highest BCUT2D eigenvalue weighted by Crippen LogP contribution is 2.28. The zero-order valence-corrected chi connectivity index (χ0v) is 12.9. The summed E-state index contributed by atoms with van der Waals surface area (Å²) in [5, 5.41) is 6.59. The molecule has 2 rings (SSSR count). The molecule has 116 valence electrons. The normalized spacial score (nSPS) is 22.7. The van der Waals surface area contributed by atoms with Crippen LogP contribution in [0.3, 0.4) is 0 Å². The van der Waals surface area contributed by atoms with Crippen LogP contribution in [0.15, 0.2) is 0 Å². The van der Waals surface area contributed by atoms with Crippen LogP contribution in [0.1, 0.15) is 32.6 Å². The molecule has 0 aromatic rings. The van der Waals surface area contributed by atoms with Gasteiger partial charge in [-0.25, -0.2) is 0 Å². The van der Waals surface area contributed by atoms with E-state index in [-0.39, 0.29) is 11.9 Å². The van der Waals surface area contributed by atoms with Gasteiger partial charge < -0.3 is 15.4 Å². The van der Waals surface area contributed by atoms with Gasteiger partial charge in [0.25, 0.3) is 0 Å². The maximum Gasteiger partial charge on any atom is 0.237 e. The molecule has 1 aliphatic heterocycles. The molecule has 1 unspecified atom stereocenters. The summed E-state index contributed by atoms with van der Waals surface area (Å²) in [5.74, 6) is 1.06. The van der Waals surface area contributed by atoms with Crippen LogP contribution < -0.4 is 10.6 Å². The molecular weight excluding hydrogens is 254 g/mol. The highest BCUT2D eigenvalue weighted by atomic mass is 16.5. The van der Waals surface area contributed by atoms with Crippen LogP contribution in [0.25, 0.3) is 0 Å². The highest BCUT2D eigenvalue weighted by Gasteiger charge is 2.27. The van der Waals surface area contributed by atoms with Crippen LogP contribution in [0.2, 0.25) is 0 Å². The predicted octanol–water partition coefficient (Wildman–Crippen LogP) is 0.602. The number of carbonyl (C=O) groups excluding carboxylic acids is 1. The molecule has 0 aromatic heterocycles. The first-order chi connectivity index (χ1) is 9.70. The van der Waals surface area contributed by atoms with Gasteiger partial charge >= 0.3 is 0 Å². The summed E-state index contributed by atoms with van der Waals surface area (Å²) in [7, 11) is 1.65. The van der Waals surface area contributed by atoms with Crippen LogP contribution >= 0.6 is 0 Å². The smallest absolute Gasteiger partial charge is 0.237 e. The van der Waals surface area contributed by atoms with Gasteiger partial charge in [-0.05, 0) is 45.1 Å². The van der Waals surface area contributed by atoms with Crippen LogP contribution in [-0.4, -0.2) is 62.8 Å². The van der Waals surface area contributed by atoms with Gasteiger partial charge in [0.2, 0.25) is 5.91 Å². The Balaban J connectivity index is 1.62. The van der Waals surface area contributed by atoms with E-state index in [1.165, 1.54) is 19.4 Å². The van der Waals surface area contributed by atoms with Crippen LogP contribution in [0.4, 0.5) is 0 Å². The molecule has 1 heterocycles. The number of piperidine rings is 1. The lowest BCUT2D eigenvalue weighted by molar-refractivity contribution is -0.126. The maximum absolute atomic E-state index is 12.0. The molecular formula is C15H29N3O2. The van der Waals surface area contributed by atoms with Crippen LogP contribution in [-0.2, 0) is 9.53 Å². The van der Waals surface area contributed by atoms with E-state index in [2.05, 4.69) is 15.5 Å². The topological polar surface area (TPSA) is 53.6 Å². The van der Waals surface area contributed by atoms with Gasteiger partial charge in [0, 0.05) is 32.8 Å². The fourth-order valence-corrected chi connectivity index (χ4v) is 2.74. The lowest BCUT2D eigenvalue weighted by Crippen LogP contribution is -2.51. The average molecular weight is 283 g/mol. The first-order valence-corrected chi connectivity index (χ1v) is 7.94. The fraction of sp³-hybridized carbons (Fsp3) is 0.933. The van der Waals surface area contributed by atoms with Crippen LogP contribution in [0, 0.1) is 5.92 Å². The largest absolute Gasteiger partial charge is 0.383 e. The molecule has 5 heteroatoms. The van der Waals surface area contributed by atoms with Crippen molar-refractivity contribution in [2.75, 3.05) is 39.9 Å². The second kappa shape index (κ2) is 7.96. The molecule has 0 aromatic carbocycles. The number of carbonyl (C=O) groups is 1. The zero-order chi connectivity index (χ0) is 14.4. The summed E-state index contributed by atoms with van der Waals surface area (Å²) >= 11 is 0. The Bertz CT molecular complexity index is 299. The lowest BCUT2D eigenvalue weighted by atomic mass is 10.0. The Kier molecular flexibility index (Phi) is 6.26. The highest BCUT2D eigenvalue weighted by molar-refractivity contribution is 5.81. The molecule has 2 fully saturated rings. The molecule has 0 spiro atoms. The van der Waals surface area contributed by atoms with E-state index in [0.29, 0.717) is 19.2 Å². The van der Waals surface area contributed by atoms with Gasteiger partial charge in [0.1, 0.15) is 0 Å². The molecule has 1 atom stereocenters. The Hall–Kier alpha value is -0.650. The van der Waals surface area contributed by atoms with Gasteiger partial charge in [-0.2, -0.15) is 0 Å². The molecule has 1 saturated carbocycles. The van der Waals surface area contributed by atoms with E-state index in [0.717, 1.165) is 31.8 Å². The summed E-state index contributed by atoms with van der Waals surface area (Å²) in [4.78, 5) is 14.3. The van der Waals surface area contributed by atoms with E-state index < -0.39 is 0 Å². The average Bonchev–Trinajstić information content (AvgIpc) is 3.29. The van der Waals surface area contributed by atoms with E-state index in [9.17, 15) is 4.79 Å². The number of nitrogens with one attached hydrogen (secondary N) is 2. The Labute approximate surface area is 122 Å². The second-order valence-electron chi connectivity index (χ2n) is 6.12. The van der Waals surface area contributed by atoms with Crippen molar-refractivity contribution in [2.24, 2.45) is 5.92 Å². The first-order valence-electron chi connectivity index (χ1n) is 7.94. The summed E-state index contributed by atoms with van der Waals surface area (Å²) in [5.41, 5.74) is 0. The molecule has 2 aliphatic rings. The number of ether oxygens (including phenoxy) is 1. The number of hydrogen-bond acceptors (Lipinski definition) is 4. The second-order valence-corrected chi connectivity index (χ2v) is 6.12. The van der Waals surface area contributed by atoms with Crippen molar-refractivity contribution in [2.45, 2.75) is 44.7 Å². The Morgan fingerprint density at radius 2 is 2.00 bits per heavy atom. The summed E-state index contributed by atoms with van der Waals surface area (Å²) in [6.45, 7) is 6.39. The third-order valence-electron chi connectivity index (χ3n) is 4.45. The van der Waals surface area contributed by atoms with E-state index in [1.807, 2.05) is 6.92 Å². The predicted molar refractivity (Wildman–Crippen MR) is 79.7 cm³/mol. The Morgan fingerprint density at radius 1 is 1.30 bits per heavy atom. The number of rotatable bonds is 8. The summed E-state index contributed by atoms with van der Waals surface area (Å²) in [6.07, 6.45) is 5.12. The minimum Gasteiger partial charge on any atom is -0.383 e. The summed E-state index contributed by atoms with van der Waals surface area (Å²) < 4.78 is 4.95.